The highest BCUT2D eigenvalue weighted by Crippen LogP contribution is 2.45. The summed E-state index contributed by atoms with van der Waals surface area (Å²) < 4.78 is 21.6. The fourth-order valence-corrected chi connectivity index (χ4v) is 2.67. The second kappa shape index (κ2) is 6.18. The summed E-state index contributed by atoms with van der Waals surface area (Å²) in [5.74, 6) is 1.98. The number of ether oxygens (including phenoxy) is 4. The van der Waals surface area contributed by atoms with E-state index < -0.39 is 6.09 Å². The molecule has 1 N–H and O–H groups in total. The largest absolute Gasteiger partial charge is 0.492 e. The Morgan fingerprint density at radius 1 is 1.47 bits per heavy atom. The van der Waals surface area contributed by atoms with Gasteiger partial charge in [0.25, 0.3) is 0 Å². The first kappa shape index (κ1) is 14.0. The van der Waals surface area contributed by atoms with Gasteiger partial charge in [-0.1, -0.05) is 0 Å². The standard InChI is InChI=1S/C12H14INO5/c1-16-11-9(13)7(3-4-14-12(15)17-2)5-8-10(11)19-6-18-8/h5H,3-4,6H2,1-2H3,(H,14,15). The van der Waals surface area contributed by atoms with Crippen LogP contribution in [0, 0.1) is 3.57 Å². The second-order valence-corrected chi connectivity index (χ2v) is 4.86. The zero-order valence-electron chi connectivity index (χ0n) is 10.6. The van der Waals surface area contributed by atoms with E-state index in [-0.39, 0.29) is 6.79 Å². The van der Waals surface area contributed by atoms with Crippen LogP contribution in [0.1, 0.15) is 5.56 Å². The van der Waals surface area contributed by atoms with Gasteiger partial charge in [0.1, 0.15) is 0 Å². The monoisotopic (exact) mass is 379 g/mol. The van der Waals surface area contributed by atoms with E-state index >= 15 is 0 Å². The van der Waals surface area contributed by atoms with Crippen LogP contribution in [0.25, 0.3) is 0 Å². The molecule has 0 unspecified atom stereocenters. The van der Waals surface area contributed by atoms with Crippen molar-refractivity contribution in [3.63, 3.8) is 0 Å². The molecule has 104 valence electrons. The Kier molecular flexibility index (Phi) is 4.56. The number of carbonyl (C=O) groups excluding carboxylic acids is 1. The van der Waals surface area contributed by atoms with Gasteiger partial charge in [-0.2, -0.15) is 0 Å². The maximum Gasteiger partial charge on any atom is 0.406 e. The molecule has 1 amide bonds. The highest BCUT2D eigenvalue weighted by Gasteiger charge is 2.23. The normalized spacial score (nSPS) is 12.2. The molecule has 6 nitrogen and oxygen atoms in total. The summed E-state index contributed by atoms with van der Waals surface area (Å²) in [6, 6.07) is 1.91. The molecule has 0 aliphatic carbocycles. The van der Waals surface area contributed by atoms with E-state index in [1.807, 2.05) is 6.07 Å². The molecule has 0 atom stereocenters. The number of methoxy groups -OCH3 is 2. The predicted molar refractivity (Wildman–Crippen MR) is 75.9 cm³/mol. The highest BCUT2D eigenvalue weighted by molar-refractivity contribution is 14.1. The number of halogens is 1. The smallest absolute Gasteiger partial charge is 0.406 e. The van der Waals surface area contributed by atoms with Gasteiger partial charge in [-0.25, -0.2) is 4.79 Å². The third kappa shape index (κ3) is 2.96. The van der Waals surface area contributed by atoms with Crippen molar-refractivity contribution in [3.05, 3.63) is 15.2 Å². The topological polar surface area (TPSA) is 66.0 Å². The van der Waals surface area contributed by atoms with Gasteiger partial charge in [0.05, 0.1) is 17.8 Å². The number of nitrogens with one attached hydrogen (secondary N) is 1. The molecular weight excluding hydrogens is 365 g/mol. The van der Waals surface area contributed by atoms with Gasteiger partial charge in [0.2, 0.25) is 12.5 Å². The summed E-state index contributed by atoms with van der Waals surface area (Å²) in [5, 5.41) is 2.64. The van der Waals surface area contributed by atoms with E-state index in [1.165, 1.54) is 7.11 Å². The lowest BCUT2D eigenvalue weighted by atomic mass is 10.1. The number of benzene rings is 1. The molecule has 1 aliphatic heterocycles. The Hall–Kier alpha value is -1.38. The number of hydrogen-bond donors (Lipinski definition) is 1. The molecule has 7 heteroatoms. The maximum atomic E-state index is 11.0. The Balaban J connectivity index is 2.15. The van der Waals surface area contributed by atoms with Gasteiger partial charge >= 0.3 is 6.09 Å². The van der Waals surface area contributed by atoms with Crippen LogP contribution in [0.3, 0.4) is 0 Å². The average Bonchev–Trinajstić information content (AvgIpc) is 2.87. The molecular formula is C12H14INO5. The number of rotatable bonds is 4. The van der Waals surface area contributed by atoms with Gasteiger partial charge in [-0.05, 0) is 40.6 Å². The molecule has 1 aromatic carbocycles. The zero-order chi connectivity index (χ0) is 13.8. The van der Waals surface area contributed by atoms with Crippen LogP contribution in [0.15, 0.2) is 6.07 Å². The summed E-state index contributed by atoms with van der Waals surface area (Å²) >= 11 is 2.20. The first-order chi connectivity index (χ1) is 9.17. The Labute approximate surface area is 124 Å². The van der Waals surface area contributed by atoms with Crippen molar-refractivity contribution in [2.45, 2.75) is 6.42 Å². The van der Waals surface area contributed by atoms with Gasteiger partial charge in [0, 0.05) is 6.54 Å². The first-order valence-corrected chi connectivity index (χ1v) is 6.72. The third-order valence-electron chi connectivity index (χ3n) is 2.69. The van der Waals surface area contributed by atoms with Crippen LogP contribution in [-0.4, -0.2) is 33.7 Å². The lowest BCUT2D eigenvalue weighted by Gasteiger charge is -2.12. The molecule has 1 heterocycles. The van der Waals surface area contributed by atoms with Crippen molar-refractivity contribution in [1.29, 1.82) is 0 Å². The van der Waals surface area contributed by atoms with E-state index in [9.17, 15) is 4.79 Å². The Morgan fingerprint density at radius 2 is 2.26 bits per heavy atom. The van der Waals surface area contributed by atoms with Crippen molar-refractivity contribution in [1.82, 2.24) is 5.32 Å². The van der Waals surface area contributed by atoms with Crippen LogP contribution in [0.4, 0.5) is 4.79 Å². The summed E-state index contributed by atoms with van der Waals surface area (Å²) in [6.07, 6.45) is 0.211. The molecule has 2 rings (SSSR count). The fourth-order valence-electron chi connectivity index (χ4n) is 1.78. The second-order valence-electron chi connectivity index (χ2n) is 3.79. The van der Waals surface area contributed by atoms with Crippen LogP contribution in [0.2, 0.25) is 0 Å². The lowest BCUT2D eigenvalue weighted by molar-refractivity contribution is 0.171. The van der Waals surface area contributed by atoms with E-state index in [1.54, 1.807) is 7.11 Å². The summed E-state index contributed by atoms with van der Waals surface area (Å²) in [4.78, 5) is 11.0. The van der Waals surface area contributed by atoms with Crippen LogP contribution in [0.5, 0.6) is 17.2 Å². The molecule has 0 saturated heterocycles. The van der Waals surface area contributed by atoms with Gasteiger partial charge in [-0.3, -0.25) is 0 Å². The summed E-state index contributed by atoms with van der Waals surface area (Å²) in [6.45, 7) is 0.678. The van der Waals surface area contributed by atoms with Crippen LogP contribution in [-0.2, 0) is 11.2 Å². The van der Waals surface area contributed by atoms with Crippen molar-refractivity contribution in [2.24, 2.45) is 0 Å². The molecule has 1 aromatic rings. The average molecular weight is 379 g/mol. The van der Waals surface area contributed by atoms with E-state index in [4.69, 9.17) is 14.2 Å². The highest BCUT2D eigenvalue weighted by atomic mass is 127. The molecule has 19 heavy (non-hydrogen) atoms. The maximum absolute atomic E-state index is 11.0. The molecule has 0 saturated carbocycles. The van der Waals surface area contributed by atoms with Crippen molar-refractivity contribution in [3.8, 4) is 17.2 Å². The Morgan fingerprint density at radius 3 is 2.95 bits per heavy atom. The number of amides is 1. The van der Waals surface area contributed by atoms with Gasteiger partial charge in [0.15, 0.2) is 11.5 Å². The molecule has 1 aliphatic rings. The van der Waals surface area contributed by atoms with E-state index in [0.29, 0.717) is 30.2 Å². The lowest BCUT2D eigenvalue weighted by Crippen LogP contribution is -2.25. The molecule has 0 bridgehead atoms. The van der Waals surface area contributed by atoms with Crippen LogP contribution < -0.4 is 19.5 Å². The summed E-state index contributed by atoms with van der Waals surface area (Å²) in [7, 11) is 2.93. The summed E-state index contributed by atoms with van der Waals surface area (Å²) in [5.41, 5.74) is 1.03. The zero-order valence-corrected chi connectivity index (χ0v) is 12.8. The number of alkyl carbamates (subject to hydrolysis) is 1. The molecule has 0 spiro atoms. The molecule has 0 radical (unpaired) electrons. The minimum absolute atomic E-state index is 0.200. The Bertz CT molecular complexity index is 491. The first-order valence-electron chi connectivity index (χ1n) is 5.64. The van der Waals surface area contributed by atoms with Gasteiger partial charge < -0.3 is 24.3 Å². The van der Waals surface area contributed by atoms with Crippen LogP contribution >= 0.6 is 22.6 Å². The minimum Gasteiger partial charge on any atom is -0.492 e. The number of carbonyl (C=O) groups is 1. The predicted octanol–water partition coefficient (Wildman–Crippen LogP) is 1.93. The third-order valence-corrected chi connectivity index (χ3v) is 3.87. The van der Waals surface area contributed by atoms with E-state index in [2.05, 4.69) is 32.6 Å². The minimum atomic E-state index is -0.442. The molecule has 0 aromatic heterocycles. The van der Waals surface area contributed by atoms with E-state index in [0.717, 1.165) is 9.13 Å². The molecule has 0 fully saturated rings. The van der Waals surface area contributed by atoms with Gasteiger partial charge in [-0.15, -0.1) is 0 Å². The number of fused-ring (bicyclic) bond motifs is 1. The quantitative estimate of drug-likeness (QED) is 0.810. The van der Waals surface area contributed by atoms with Crippen molar-refractivity contribution >= 4 is 28.7 Å². The number of hydrogen-bond acceptors (Lipinski definition) is 5. The fraction of sp³-hybridized carbons (Fsp3) is 0.417. The van der Waals surface area contributed by atoms with Crippen molar-refractivity contribution in [2.75, 3.05) is 27.6 Å². The van der Waals surface area contributed by atoms with Crippen molar-refractivity contribution < 1.29 is 23.7 Å². The SMILES string of the molecule is COC(=O)NCCc1cc2c(c(OC)c1I)OCO2.